The number of nitrogens with zero attached hydrogens (tertiary/aromatic N) is 1. The fourth-order valence-corrected chi connectivity index (χ4v) is 2.69. The van der Waals surface area contributed by atoms with Crippen LogP contribution >= 0.6 is 0 Å². The maximum atomic E-state index is 9.55. The predicted octanol–water partition coefficient (Wildman–Crippen LogP) is 3.43. The van der Waals surface area contributed by atoms with E-state index in [1.165, 1.54) is 35.7 Å². The molecule has 142 valence electrons. The molecule has 0 bridgehead atoms. The van der Waals surface area contributed by atoms with Crippen LogP contribution in [0.4, 0.5) is 0 Å². The second-order valence-corrected chi connectivity index (χ2v) is 6.26. The fraction of sp³-hybridized carbons (Fsp3) is 0.400. The summed E-state index contributed by atoms with van der Waals surface area (Å²) in [5.74, 6) is -2.51. The van der Waals surface area contributed by atoms with Gasteiger partial charge in [0, 0.05) is 41.8 Å². The topological polar surface area (TPSA) is 106 Å². The van der Waals surface area contributed by atoms with Gasteiger partial charge in [0.25, 0.3) is 0 Å². The first kappa shape index (κ1) is 21.4. The van der Waals surface area contributed by atoms with Crippen molar-refractivity contribution in [2.24, 2.45) is 5.73 Å². The Hall–Kier alpha value is -2.60. The molecule has 0 spiro atoms. The van der Waals surface area contributed by atoms with Crippen LogP contribution in [0.1, 0.15) is 38.7 Å². The molecule has 1 aromatic heterocycles. The number of benzene rings is 1. The molecule has 1 heterocycles. The van der Waals surface area contributed by atoms with E-state index in [2.05, 4.69) is 48.9 Å². The molecule has 26 heavy (non-hydrogen) atoms. The van der Waals surface area contributed by atoms with Crippen LogP contribution in [0.2, 0.25) is 0 Å². The molecule has 1 aromatic carbocycles. The lowest BCUT2D eigenvalue weighted by Crippen LogP contribution is -2.17. The number of unbranched alkanes of at least 4 members (excludes halogenated alkanes) is 2. The lowest BCUT2D eigenvalue weighted by Gasteiger charge is -2.04. The summed E-state index contributed by atoms with van der Waals surface area (Å²) in [6.07, 6.45) is 8.20. The molecule has 0 aliphatic carbocycles. The Balaban J connectivity index is 0.000000359. The number of carboxylic acid groups (broad SMARTS) is 2. The minimum Gasteiger partial charge on any atom is -0.478 e. The zero-order valence-electron chi connectivity index (χ0n) is 15.4. The van der Waals surface area contributed by atoms with E-state index in [9.17, 15) is 9.59 Å². The van der Waals surface area contributed by atoms with Gasteiger partial charge in [-0.25, -0.2) is 9.59 Å². The van der Waals surface area contributed by atoms with Crippen molar-refractivity contribution in [2.45, 2.75) is 52.1 Å². The summed E-state index contributed by atoms with van der Waals surface area (Å²) in [4.78, 5) is 19.1. The molecule has 6 nitrogen and oxygen atoms in total. The van der Waals surface area contributed by atoms with Gasteiger partial charge in [0.05, 0.1) is 0 Å². The molecule has 0 aliphatic heterocycles. The molecule has 1 unspecified atom stereocenters. The maximum Gasteiger partial charge on any atom is 0.328 e. The van der Waals surface area contributed by atoms with Gasteiger partial charge in [0.15, 0.2) is 0 Å². The molecule has 1 atom stereocenters. The molecule has 0 aliphatic rings. The predicted molar refractivity (Wildman–Crippen MR) is 103 cm³/mol. The number of hydrogen-bond acceptors (Lipinski definition) is 3. The summed E-state index contributed by atoms with van der Waals surface area (Å²) in [6.45, 7) is 5.44. The van der Waals surface area contributed by atoms with Crippen LogP contribution in [0.3, 0.4) is 0 Å². The van der Waals surface area contributed by atoms with Crippen molar-refractivity contribution in [3.63, 3.8) is 0 Å². The number of carboxylic acids is 2. The number of aliphatic carboxylic acids is 2. The normalized spacial score (nSPS) is 12.0. The van der Waals surface area contributed by atoms with E-state index in [1.54, 1.807) is 0 Å². The van der Waals surface area contributed by atoms with Crippen molar-refractivity contribution in [1.29, 1.82) is 0 Å². The Kier molecular flexibility index (Phi) is 9.15. The van der Waals surface area contributed by atoms with Crippen LogP contribution in [0.25, 0.3) is 10.9 Å². The molecule has 6 heteroatoms. The van der Waals surface area contributed by atoms with Crippen LogP contribution in [0.15, 0.2) is 42.6 Å². The SMILES string of the molecule is CCCCCn1cc(CC(C)N)c2ccccc21.O=C(O)/C=C\C(=O)O. The zero-order valence-corrected chi connectivity index (χ0v) is 15.4. The number of rotatable bonds is 8. The average Bonchev–Trinajstić information content (AvgIpc) is 2.91. The summed E-state index contributed by atoms with van der Waals surface area (Å²) >= 11 is 0. The van der Waals surface area contributed by atoms with Crippen molar-refractivity contribution in [1.82, 2.24) is 4.57 Å². The summed E-state index contributed by atoms with van der Waals surface area (Å²) in [7, 11) is 0. The van der Waals surface area contributed by atoms with E-state index in [-0.39, 0.29) is 6.04 Å². The molecular weight excluding hydrogens is 332 g/mol. The molecule has 0 amide bonds. The maximum absolute atomic E-state index is 9.55. The molecule has 0 saturated heterocycles. The monoisotopic (exact) mass is 360 g/mol. The molecule has 2 rings (SSSR count). The molecule has 0 fully saturated rings. The van der Waals surface area contributed by atoms with Gasteiger partial charge in [-0.2, -0.15) is 0 Å². The Morgan fingerprint density at radius 1 is 1.15 bits per heavy atom. The van der Waals surface area contributed by atoms with Gasteiger partial charge in [-0.3, -0.25) is 0 Å². The number of para-hydroxylation sites is 1. The minimum atomic E-state index is -1.26. The van der Waals surface area contributed by atoms with E-state index in [0.29, 0.717) is 12.2 Å². The third-order valence-electron chi connectivity index (χ3n) is 3.78. The van der Waals surface area contributed by atoms with E-state index >= 15 is 0 Å². The number of carbonyl (C=O) groups is 2. The van der Waals surface area contributed by atoms with E-state index in [0.717, 1.165) is 13.0 Å². The standard InChI is InChI=1S/C16H24N2.C4H4O4/c1-3-4-7-10-18-12-14(11-13(2)17)15-8-5-6-9-16(15)18;5-3(6)1-2-4(7)8/h5-6,8-9,12-13H,3-4,7,10-11,17H2,1-2H3;1-2H,(H,5,6)(H,7,8)/b;2-1-. The van der Waals surface area contributed by atoms with Gasteiger partial charge in [-0.05, 0) is 31.4 Å². The number of aromatic nitrogens is 1. The smallest absolute Gasteiger partial charge is 0.328 e. The van der Waals surface area contributed by atoms with Gasteiger partial charge >= 0.3 is 11.9 Å². The Morgan fingerprint density at radius 2 is 1.77 bits per heavy atom. The quantitative estimate of drug-likeness (QED) is 0.494. The van der Waals surface area contributed by atoms with Crippen molar-refractivity contribution >= 4 is 22.8 Å². The van der Waals surface area contributed by atoms with Crippen LogP contribution in [-0.4, -0.2) is 32.8 Å². The van der Waals surface area contributed by atoms with Crippen molar-refractivity contribution in [3.05, 3.63) is 48.2 Å². The van der Waals surface area contributed by atoms with E-state index < -0.39 is 11.9 Å². The number of nitrogens with two attached hydrogens (primary N) is 1. The molecule has 0 radical (unpaired) electrons. The highest BCUT2D eigenvalue weighted by molar-refractivity contribution is 5.89. The van der Waals surface area contributed by atoms with E-state index in [4.69, 9.17) is 15.9 Å². The van der Waals surface area contributed by atoms with Crippen LogP contribution in [0, 0.1) is 0 Å². The van der Waals surface area contributed by atoms with Crippen LogP contribution in [-0.2, 0) is 22.6 Å². The first-order chi connectivity index (χ1) is 12.3. The fourth-order valence-electron chi connectivity index (χ4n) is 2.69. The Labute approximate surface area is 153 Å². The van der Waals surface area contributed by atoms with Crippen LogP contribution < -0.4 is 5.73 Å². The Morgan fingerprint density at radius 3 is 2.31 bits per heavy atom. The molecule has 0 saturated carbocycles. The van der Waals surface area contributed by atoms with Gasteiger partial charge in [0.1, 0.15) is 0 Å². The number of hydrogen-bond donors (Lipinski definition) is 3. The van der Waals surface area contributed by atoms with Gasteiger partial charge in [0.2, 0.25) is 0 Å². The second kappa shape index (κ2) is 11.1. The average molecular weight is 360 g/mol. The number of fused-ring (bicyclic) bond motifs is 1. The van der Waals surface area contributed by atoms with Crippen molar-refractivity contribution in [2.75, 3.05) is 0 Å². The molecule has 2 aromatic rings. The lowest BCUT2D eigenvalue weighted by atomic mass is 10.1. The lowest BCUT2D eigenvalue weighted by molar-refractivity contribution is -0.134. The first-order valence-electron chi connectivity index (χ1n) is 8.81. The summed E-state index contributed by atoms with van der Waals surface area (Å²) in [6, 6.07) is 8.88. The van der Waals surface area contributed by atoms with Crippen molar-refractivity contribution in [3.8, 4) is 0 Å². The Bertz CT molecular complexity index is 731. The van der Waals surface area contributed by atoms with E-state index in [1.807, 2.05) is 0 Å². The van der Waals surface area contributed by atoms with Crippen molar-refractivity contribution < 1.29 is 19.8 Å². The second-order valence-electron chi connectivity index (χ2n) is 6.26. The van der Waals surface area contributed by atoms with Crippen LogP contribution in [0.5, 0.6) is 0 Å². The highest BCUT2D eigenvalue weighted by atomic mass is 16.4. The minimum absolute atomic E-state index is 0.222. The number of aryl methyl sites for hydroxylation is 1. The third kappa shape index (κ3) is 7.53. The summed E-state index contributed by atoms with van der Waals surface area (Å²) < 4.78 is 2.39. The summed E-state index contributed by atoms with van der Waals surface area (Å²) in [5.41, 5.74) is 8.67. The zero-order chi connectivity index (χ0) is 19.5. The first-order valence-corrected chi connectivity index (χ1v) is 8.81. The van der Waals surface area contributed by atoms with Gasteiger partial charge < -0.3 is 20.5 Å². The third-order valence-corrected chi connectivity index (χ3v) is 3.78. The molecular formula is C20H28N2O4. The summed E-state index contributed by atoms with van der Waals surface area (Å²) in [5, 5.41) is 17.0. The van der Waals surface area contributed by atoms with Gasteiger partial charge in [-0.1, -0.05) is 38.0 Å². The highest BCUT2D eigenvalue weighted by Gasteiger charge is 2.09. The van der Waals surface area contributed by atoms with Gasteiger partial charge in [-0.15, -0.1) is 0 Å². The largest absolute Gasteiger partial charge is 0.478 e. The molecule has 4 N–H and O–H groups in total. The highest BCUT2D eigenvalue weighted by Crippen LogP contribution is 2.23.